The molecule has 2 atom stereocenters. The number of hydrogen-bond donors (Lipinski definition) is 1. The Labute approximate surface area is 197 Å². The fourth-order valence-corrected chi connectivity index (χ4v) is 3.91. The molecule has 10 nitrogen and oxygen atoms in total. The molecule has 182 valence electrons. The van der Waals surface area contributed by atoms with Crippen molar-refractivity contribution in [3.8, 4) is 11.5 Å². The van der Waals surface area contributed by atoms with Crippen LogP contribution >= 0.6 is 0 Å². The third-order valence-electron chi connectivity index (χ3n) is 5.71. The minimum atomic E-state index is -1.14. The van der Waals surface area contributed by atoms with Gasteiger partial charge in [-0.25, -0.2) is 4.79 Å². The molecule has 2 unspecified atom stereocenters. The van der Waals surface area contributed by atoms with E-state index < -0.39 is 22.9 Å². The first-order valence-electron chi connectivity index (χ1n) is 11.0. The molecule has 0 bridgehead atoms. The molecule has 0 aliphatic carbocycles. The number of hydrogen-bond acceptors (Lipinski definition) is 8. The first kappa shape index (κ1) is 24.8. The summed E-state index contributed by atoms with van der Waals surface area (Å²) < 4.78 is 15.6. The standard InChI is InChI=1S/C24H29N3O7/c1-15-6-5-11-26(14-15)19-9-7-17(12-20(19)27(30)31)24(29)34-16(2)23(28)25-18-8-10-21(32-3)22(13-18)33-4/h7-10,12-13,15-16H,5-6,11,14H2,1-4H3,(H,25,28). The van der Waals surface area contributed by atoms with Gasteiger partial charge in [0, 0.05) is 30.9 Å². The summed E-state index contributed by atoms with van der Waals surface area (Å²) in [5.74, 6) is -0.0156. The molecule has 2 aromatic rings. The number of esters is 1. The van der Waals surface area contributed by atoms with Gasteiger partial charge in [-0.1, -0.05) is 6.92 Å². The SMILES string of the molecule is COc1ccc(NC(=O)C(C)OC(=O)c2ccc(N3CCCC(C)C3)c([N+](=O)[O-])c2)cc1OC. The van der Waals surface area contributed by atoms with Crippen LogP contribution in [0.25, 0.3) is 0 Å². The van der Waals surface area contributed by atoms with Gasteiger partial charge in [-0.3, -0.25) is 14.9 Å². The number of amides is 1. The molecule has 10 heteroatoms. The number of anilines is 2. The van der Waals surface area contributed by atoms with Crippen LogP contribution in [-0.2, 0) is 9.53 Å². The van der Waals surface area contributed by atoms with Gasteiger partial charge in [0.25, 0.3) is 11.6 Å². The van der Waals surface area contributed by atoms with Crippen LogP contribution in [0.2, 0.25) is 0 Å². The number of piperidine rings is 1. The minimum Gasteiger partial charge on any atom is -0.493 e. The molecule has 1 heterocycles. The van der Waals surface area contributed by atoms with E-state index in [0.29, 0.717) is 28.8 Å². The van der Waals surface area contributed by atoms with Gasteiger partial charge in [0.2, 0.25) is 0 Å². The Morgan fingerprint density at radius 2 is 1.88 bits per heavy atom. The van der Waals surface area contributed by atoms with Crippen molar-refractivity contribution in [3.05, 3.63) is 52.1 Å². The zero-order valence-corrected chi connectivity index (χ0v) is 19.7. The van der Waals surface area contributed by atoms with E-state index in [2.05, 4.69) is 12.2 Å². The minimum absolute atomic E-state index is 0.00581. The topological polar surface area (TPSA) is 120 Å². The number of nitrogens with one attached hydrogen (secondary N) is 1. The summed E-state index contributed by atoms with van der Waals surface area (Å²) in [6.45, 7) is 4.98. The maximum absolute atomic E-state index is 12.6. The molecule has 0 spiro atoms. The average molecular weight is 472 g/mol. The van der Waals surface area contributed by atoms with E-state index in [1.165, 1.54) is 33.3 Å². The quantitative estimate of drug-likeness (QED) is 0.348. The lowest BCUT2D eigenvalue weighted by Crippen LogP contribution is -2.34. The highest BCUT2D eigenvalue weighted by Gasteiger charge is 2.27. The number of nitrogens with zero attached hydrogens (tertiary/aromatic N) is 2. The van der Waals surface area contributed by atoms with Gasteiger partial charge in [0.1, 0.15) is 5.69 Å². The predicted octanol–water partition coefficient (Wildman–Crippen LogP) is 4.03. The normalized spacial score (nSPS) is 16.4. The van der Waals surface area contributed by atoms with Crippen molar-refractivity contribution in [3.63, 3.8) is 0 Å². The summed E-state index contributed by atoms with van der Waals surface area (Å²) in [5, 5.41) is 14.3. The molecule has 2 aromatic carbocycles. The van der Waals surface area contributed by atoms with E-state index in [-0.39, 0.29) is 11.3 Å². The van der Waals surface area contributed by atoms with E-state index in [9.17, 15) is 19.7 Å². The first-order valence-corrected chi connectivity index (χ1v) is 11.0. The molecule has 34 heavy (non-hydrogen) atoms. The van der Waals surface area contributed by atoms with Crippen LogP contribution < -0.4 is 19.7 Å². The van der Waals surface area contributed by atoms with Crippen molar-refractivity contribution in [2.45, 2.75) is 32.8 Å². The number of nitro benzene ring substituents is 1. The Morgan fingerprint density at radius 1 is 1.15 bits per heavy atom. The fourth-order valence-electron chi connectivity index (χ4n) is 3.91. The summed E-state index contributed by atoms with van der Waals surface area (Å²) in [6, 6.07) is 9.10. The van der Waals surface area contributed by atoms with Crippen LogP contribution in [0.1, 0.15) is 37.0 Å². The Balaban J connectivity index is 1.70. The third kappa shape index (κ3) is 5.75. The van der Waals surface area contributed by atoms with Crippen molar-refractivity contribution in [2.75, 3.05) is 37.5 Å². The lowest BCUT2D eigenvalue weighted by atomic mass is 9.99. The molecular formula is C24H29N3O7. The molecule has 3 rings (SSSR count). The Hall–Kier alpha value is -3.82. The van der Waals surface area contributed by atoms with E-state index in [4.69, 9.17) is 14.2 Å². The molecule has 1 N–H and O–H groups in total. The number of methoxy groups -OCH3 is 2. The van der Waals surface area contributed by atoms with Crippen LogP contribution in [-0.4, -0.2) is 50.2 Å². The van der Waals surface area contributed by atoms with Gasteiger partial charge in [-0.05, 0) is 49.9 Å². The summed E-state index contributed by atoms with van der Waals surface area (Å²) in [6.07, 6.45) is 0.898. The number of carbonyl (C=O) groups excluding carboxylic acids is 2. The van der Waals surface area contributed by atoms with E-state index in [0.717, 1.165) is 25.9 Å². The maximum Gasteiger partial charge on any atom is 0.339 e. The average Bonchev–Trinajstić information content (AvgIpc) is 2.83. The van der Waals surface area contributed by atoms with Crippen molar-refractivity contribution in [1.29, 1.82) is 0 Å². The highest BCUT2D eigenvalue weighted by Crippen LogP contribution is 2.33. The van der Waals surface area contributed by atoms with Gasteiger partial charge in [-0.2, -0.15) is 0 Å². The largest absolute Gasteiger partial charge is 0.493 e. The number of rotatable bonds is 8. The van der Waals surface area contributed by atoms with Crippen molar-refractivity contribution >= 4 is 28.9 Å². The summed E-state index contributed by atoms with van der Waals surface area (Å²) in [7, 11) is 2.98. The predicted molar refractivity (Wildman–Crippen MR) is 127 cm³/mol. The fraction of sp³-hybridized carbons (Fsp3) is 0.417. The van der Waals surface area contributed by atoms with Crippen LogP contribution in [0.3, 0.4) is 0 Å². The van der Waals surface area contributed by atoms with Gasteiger partial charge >= 0.3 is 5.97 Å². The monoisotopic (exact) mass is 471 g/mol. The van der Waals surface area contributed by atoms with Gasteiger partial charge < -0.3 is 24.4 Å². The second-order valence-electron chi connectivity index (χ2n) is 8.26. The Kier molecular flexibility index (Phi) is 7.93. The number of benzene rings is 2. The molecule has 1 aliphatic heterocycles. The van der Waals surface area contributed by atoms with Crippen molar-refractivity contribution in [2.24, 2.45) is 5.92 Å². The molecule has 1 saturated heterocycles. The maximum atomic E-state index is 12.6. The van der Waals surface area contributed by atoms with Crippen molar-refractivity contribution in [1.82, 2.24) is 0 Å². The van der Waals surface area contributed by atoms with E-state index in [1.807, 2.05) is 4.90 Å². The molecule has 1 aliphatic rings. The highest BCUT2D eigenvalue weighted by molar-refractivity contribution is 5.98. The Morgan fingerprint density at radius 3 is 2.53 bits per heavy atom. The van der Waals surface area contributed by atoms with E-state index in [1.54, 1.807) is 24.3 Å². The summed E-state index contributed by atoms with van der Waals surface area (Å²) in [4.78, 5) is 38.3. The number of carbonyl (C=O) groups is 2. The molecular weight excluding hydrogens is 442 g/mol. The summed E-state index contributed by atoms with van der Waals surface area (Å²) in [5.41, 5.74) is 0.755. The van der Waals surface area contributed by atoms with Crippen molar-refractivity contribution < 1.29 is 28.7 Å². The van der Waals surface area contributed by atoms with Gasteiger partial charge in [0.15, 0.2) is 17.6 Å². The number of nitro groups is 1. The lowest BCUT2D eigenvalue weighted by Gasteiger charge is -2.32. The molecule has 1 amide bonds. The van der Waals surface area contributed by atoms with Crippen LogP contribution in [0.15, 0.2) is 36.4 Å². The molecule has 0 aromatic heterocycles. The smallest absolute Gasteiger partial charge is 0.339 e. The number of ether oxygens (including phenoxy) is 3. The third-order valence-corrected chi connectivity index (χ3v) is 5.71. The van der Waals surface area contributed by atoms with Gasteiger partial charge in [0.05, 0.1) is 24.7 Å². The molecule has 0 saturated carbocycles. The zero-order valence-electron chi connectivity index (χ0n) is 19.7. The van der Waals surface area contributed by atoms with Gasteiger partial charge in [-0.15, -0.1) is 0 Å². The molecule has 0 radical (unpaired) electrons. The zero-order chi connectivity index (χ0) is 24.8. The second kappa shape index (κ2) is 10.9. The van der Waals surface area contributed by atoms with Crippen LogP contribution in [0, 0.1) is 16.0 Å². The Bertz CT molecular complexity index is 1070. The second-order valence-corrected chi connectivity index (χ2v) is 8.26. The van der Waals surface area contributed by atoms with E-state index >= 15 is 0 Å². The highest BCUT2D eigenvalue weighted by atomic mass is 16.6. The molecule has 1 fully saturated rings. The van der Waals surface area contributed by atoms with Crippen LogP contribution in [0.5, 0.6) is 11.5 Å². The first-order chi connectivity index (χ1) is 16.2. The van der Waals surface area contributed by atoms with Crippen LogP contribution in [0.4, 0.5) is 17.1 Å². The summed E-state index contributed by atoms with van der Waals surface area (Å²) >= 11 is 0. The lowest BCUT2D eigenvalue weighted by molar-refractivity contribution is -0.384.